The van der Waals surface area contributed by atoms with Crippen LogP contribution in [-0.2, 0) is 4.79 Å². The zero-order valence-electron chi connectivity index (χ0n) is 8.47. The molecular formula is C10H12Cl2N2O. The molecule has 0 heterocycles. The van der Waals surface area contributed by atoms with Gasteiger partial charge in [0.25, 0.3) is 0 Å². The van der Waals surface area contributed by atoms with Gasteiger partial charge in [0.2, 0.25) is 5.91 Å². The molecule has 0 aromatic heterocycles. The van der Waals surface area contributed by atoms with Gasteiger partial charge < -0.3 is 10.6 Å². The van der Waals surface area contributed by atoms with E-state index in [1.54, 1.807) is 32.2 Å². The normalized spacial score (nSPS) is 12.0. The van der Waals surface area contributed by atoms with E-state index in [4.69, 9.17) is 23.2 Å². The summed E-state index contributed by atoms with van der Waals surface area (Å²) in [6.45, 7) is 1.75. The van der Waals surface area contributed by atoms with Crippen LogP contribution in [0.2, 0.25) is 10.0 Å². The van der Waals surface area contributed by atoms with Gasteiger partial charge in [-0.25, -0.2) is 0 Å². The van der Waals surface area contributed by atoms with E-state index in [2.05, 4.69) is 10.6 Å². The predicted molar refractivity (Wildman–Crippen MR) is 63.6 cm³/mol. The lowest BCUT2D eigenvalue weighted by molar-refractivity contribution is -0.121. The number of halogens is 2. The average Bonchev–Trinajstić information content (AvgIpc) is 2.23. The highest BCUT2D eigenvalue weighted by molar-refractivity contribution is 6.43. The number of amides is 1. The second-order valence-electron chi connectivity index (χ2n) is 3.08. The summed E-state index contributed by atoms with van der Waals surface area (Å²) in [4.78, 5) is 11.3. The van der Waals surface area contributed by atoms with Crippen LogP contribution in [-0.4, -0.2) is 19.0 Å². The van der Waals surface area contributed by atoms with Crippen molar-refractivity contribution in [2.75, 3.05) is 12.4 Å². The molecule has 0 bridgehead atoms. The molecule has 1 aromatic carbocycles. The second kappa shape index (κ2) is 5.24. The van der Waals surface area contributed by atoms with Gasteiger partial charge in [0.05, 0.1) is 15.7 Å². The molecule has 0 aliphatic carbocycles. The van der Waals surface area contributed by atoms with Crippen LogP contribution >= 0.6 is 23.2 Å². The summed E-state index contributed by atoms with van der Waals surface area (Å²) in [5.41, 5.74) is 0.653. The molecule has 2 N–H and O–H groups in total. The molecule has 0 aliphatic rings. The Labute approximate surface area is 98.8 Å². The van der Waals surface area contributed by atoms with Gasteiger partial charge in [-0.1, -0.05) is 29.3 Å². The van der Waals surface area contributed by atoms with E-state index < -0.39 is 0 Å². The van der Waals surface area contributed by atoms with E-state index in [9.17, 15) is 4.79 Å². The van der Waals surface area contributed by atoms with E-state index >= 15 is 0 Å². The molecule has 0 radical (unpaired) electrons. The van der Waals surface area contributed by atoms with Gasteiger partial charge in [0, 0.05) is 7.05 Å². The van der Waals surface area contributed by atoms with E-state index in [1.807, 2.05) is 0 Å². The minimum Gasteiger partial charge on any atom is -0.373 e. The van der Waals surface area contributed by atoms with Gasteiger partial charge >= 0.3 is 0 Å². The molecule has 5 heteroatoms. The Morgan fingerprint density at radius 3 is 2.67 bits per heavy atom. The third-order valence-corrected chi connectivity index (χ3v) is 2.78. The smallest absolute Gasteiger partial charge is 0.241 e. The third kappa shape index (κ3) is 3.01. The maximum Gasteiger partial charge on any atom is 0.241 e. The molecule has 15 heavy (non-hydrogen) atoms. The molecule has 1 rings (SSSR count). The van der Waals surface area contributed by atoms with Crippen LogP contribution < -0.4 is 10.6 Å². The summed E-state index contributed by atoms with van der Waals surface area (Å²) >= 11 is 11.8. The Balaban J connectivity index is 2.81. The van der Waals surface area contributed by atoms with Crippen molar-refractivity contribution in [3.8, 4) is 0 Å². The van der Waals surface area contributed by atoms with Crippen molar-refractivity contribution >= 4 is 34.8 Å². The number of hydrogen-bond donors (Lipinski definition) is 2. The molecule has 3 nitrogen and oxygen atoms in total. The first-order chi connectivity index (χ1) is 7.06. The van der Waals surface area contributed by atoms with Gasteiger partial charge in [-0.3, -0.25) is 4.79 Å². The van der Waals surface area contributed by atoms with Gasteiger partial charge in [0.1, 0.15) is 6.04 Å². The Morgan fingerprint density at radius 1 is 1.40 bits per heavy atom. The van der Waals surface area contributed by atoms with E-state index in [1.165, 1.54) is 0 Å². The first-order valence-electron chi connectivity index (χ1n) is 4.48. The van der Waals surface area contributed by atoms with E-state index in [-0.39, 0.29) is 11.9 Å². The average molecular weight is 247 g/mol. The van der Waals surface area contributed by atoms with Crippen molar-refractivity contribution in [3.05, 3.63) is 28.2 Å². The molecule has 0 aliphatic heterocycles. The van der Waals surface area contributed by atoms with Crippen LogP contribution in [0.4, 0.5) is 5.69 Å². The van der Waals surface area contributed by atoms with E-state index in [0.717, 1.165) is 0 Å². The molecule has 1 aromatic rings. The highest BCUT2D eigenvalue weighted by Crippen LogP contribution is 2.29. The van der Waals surface area contributed by atoms with Crippen molar-refractivity contribution in [3.63, 3.8) is 0 Å². The van der Waals surface area contributed by atoms with Crippen molar-refractivity contribution in [1.82, 2.24) is 5.32 Å². The largest absolute Gasteiger partial charge is 0.373 e. The summed E-state index contributed by atoms with van der Waals surface area (Å²) in [7, 11) is 1.58. The van der Waals surface area contributed by atoms with Crippen molar-refractivity contribution in [2.24, 2.45) is 0 Å². The zero-order chi connectivity index (χ0) is 11.4. The molecule has 0 spiro atoms. The van der Waals surface area contributed by atoms with Crippen LogP contribution in [0.25, 0.3) is 0 Å². The summed E-state index contributed by atoms with van der Waals surface area (Å²) < 4.78 is 0. The number of rotatable bonds is 3. The molecule has 0 fully saturated rings. The topological polar surface area (TPSA) is 41.1 Å². The quantitative estimate of drug-likeness (QED) is 0.861. The van der Waals surface area contributed by atoms with Crippen LogP contribution in [0.5, 0.6) is 0 Å². The minimum absolute atomic E-state index is 0.106. The maximum absolute atomic E-state index is 11.3. The van der Waals surface area contributed by atoms with Crippen molar-refractivity contribution in [1.29, 1.82) is 0 Å². The van der Waals surface area contributed by atoms with Crippen LogP contribution in [0, 0.1) is 0 Å². The first-order valence-corrected chi connectivity index (χ1v) is 5.24. The second-order valence-corrected chi connectivity index (χ2v) is 3.87. The zero-order valence-corrected chi connectivity index (χ0v) is 9.99. The lowest BCUT2D eigenvalue weighted by atomic mass is 10.2. The van der Waals surface area contributed by atoms with E-state index in [0.29, 0.717) is 15.7 Å². The number of carbonyl (C=O) groups is 1. The highest BCUT2D eigenvalue weighted by atomic mass is 35.5. The van der Waals surface area contributed by atoms with Gasteiger partial charge in [-0.05, 0) is 19.1 Å². The van der Waals surface area contributed by atoms with Crippen molar-refractivity contribution in [2.45, 2.75) is 13.0 Å². The monoisotopic (exact) mass is 246 g/mol. The summed E-state index contributed by atoms with van der Waals surface area (Å²) in [6, 6.07) is 4.88. The standard InChI is InChI=1S/C10H12Cl2N2O/c1-6(10(15)13-2)14-8-5-3-4-7(11)9(8)12/h3-6,14H,1-2H3,(H,13,15). The number of carbonyl (C=O) groups excluding carboxylic acids is 1. The third-order valence-electron chi connectivity index (χ3n) is 1.96. The Kier molecular flexibility index (Phi) is 4.24. The first kappa shape index (κ1) is 12.1. The lowest BCUT2D eigenvalue weighted by Gasteiger charge is -2.15. The summed E-state index contributed by atoms with van der Waals surface area (Å²) in [5.74, 6) is -0.106. The molecule has 1 unspecified atom stereocenters. The summed E-state index contributed by atoms with van der Waals surface area (Å²) in [6.07, 6.45) is 0. The van der Waals surface area contributed by atoms with Crippen LogP contribution in [0.15, 0.2) is 18.2 Å². The molecule has 82 valence electrons. The van der Waals surface area contributed by atoms with Gasteiger partial charge in [-0.15, -0.1) is 0 Å². The fraction of sp³-hybridized carbons (Fsp3) is 0.300. The lowest BCUT2D eigenvalue weighted by Crippen LogP contribution is -2.35. The Bertz CT molecular complexity index is 368. The Hall–Kier alpha value is -0.930. The predicted octanol–water partition coefficient (Wildman–Crippen LogP) is 2.54. The number of nitrogens with one attached hydrogen (secondary N) is 2. The number of anilines is 1. The molecule has 1 amide bonds. The van der Waals surface area contributed by atoms with Gasteiger partial charge in [-0.2, -0.15) is 0 Å². The number of hydrogen-bond acceptors (Lipinski definition) is 2. The van der Waals surface area contributed by atoms with Crippen molar-refractivity contribution < 1.29 is 4.79 Å². The van der Waals surface area contributed by atoms with Gasteiger partial charge in [0.15, 0.2) is 0 Å². The maximum atomic E-state index is 11.3. The SMILES string of the molecule is CNC(=O)C(C)Nc1cccc(Cl)c1Cl. The fourth-order valence-corrected chi connectivity index (χ4v) is 1.49. The highest BCUT2D eigenvalue weighted by Gasteiger charge is 2.12. The molecule has 1 atom stereocenters. The molecule has 0 saturated heterocycles. The molecule has 0 saturated carbocycles. The fourth-order valence-electron chi connectivity index (χ4n) is 1.13. The Morgan fingerprint density at radius 2 is 2.07 bits per heavy atom. The number of benzene rings is 1. The summed E-state index contributed by atoms with van der Waals surface area (Å²) in [5, 5.41) is 6.40. The number of likely N-dealkylation sites (N-methyl/N-ethyl adjacent to an activating group) is 1. The minimum atomic E-state index is -0.356. The van der Waals surface area contributed by atoms with Crippen LogP contribution in [0.3, 0.4) is 0 Å². The molecular weight excluding hydrogens is 235 g/mol. The van der Waals surface area contributed by atoms with Crippen LogP contribution in [0.1, 0.15) is 6.92 Å².